The van der Waals surface area contributed by atoms with E-state index in [9.17, 15) is 0 Å². The summed E-state index contributed by atoms with van der Waals surface area (Å²) in [4.78, 5) is 0. The normalized spacial score (nSPS) is 12.2. The topological polar surface area (TPSA) is 0 Å². The molecular weight excluding hydrogens is 216 g/mol. The SMILES string of the molecule is CC(C)c1cc(C(C)C)c(C(C)C)c(C(C)C)c1. The van der Waals surface area contributed by atoms with E-state index in [-0.39, 0.29) is 0 Å². The van der Waals surface area contributed by atoms with Gasteiger partial charge in [-0.25, -0.2) is 0 Å². The fourth-order valence-corrected chi connectivity index (χ4v) is 2.68. The number of hydrogen-bond acceptors (Lipinski definition) is 0. The molecule has 0 radical (unpaired) electrons. The molecule has 0 fully saturated rings. The van der Waals surface area contributed by atoms with E-state index in [1.165, 1.54) is 5.56 Å². The molecule has 0 saturated carbocycles. The molecule has 0 aliphatic heterocycles. The Kier molecular flexibility index (Phi) is 5.01. The predicted octanol–water partition coefficient (Wildman–Crippen LogP) is 6.18. The molecule has 0 bridgehead atoms. The smallest absolute Gasteiger partial charge is 0.0213 e. The van der Waals surface area contributed by atoms with Crippen LogP contribution in [0.4, 0.5) is 0 Å². The fourth-order valence-electron chi connectivity index (χ4n) is 2.68. The molecule has 0 heterocycles. The molecular formula is C18H30. The van der Waals surface area contributed by atoms with E-state index in [0.717, 1.165) is 0 Å². The third-order valence-corrected chi connectivity index (χ3v) is 3.75. The van der Waals surface area contributed by atoms with E-state index in [4.69, 9.17) is 0 Å². The lowest BCUT2D eigenvalue weighted by Gasteiger charge is -2.25. The van der Waals surface area contributed by atoms with E-state index in [1.807, 2.05) is 0 Å². The van der Waals surface area contributed by atoms with Crippen LogP contribution in [0.1, 0.15) is 101 Å². The van der Waals surface area contributed by atoms with Gasteiger partial charge >= 0.3 is 0 Å². The van der Waals surface area contributed by atoms with E-state index < -0.39 is 0 Å². The van der Waals surface area contributed by atoms with Crippen LogP contribution >= 0.6 is 0 Å². The lowest BCUT2D eigenvalue weighted by Crippen LogP contribution is -2.07. The number of hydrogen-bond donors (Lipinski definition) is 0. The zero-order valence-electron chi connectivity index (χ0n) is 13.5. The highest BCUT2D eigenvalue weighted by Crippen LogP contribution is 2.36. The summed E-state index contributed by atoms with van der Waals surface area (Å²) in [6.07, 6.45) is 0. The highest BCUT2D eigenvalue weighted by Gasteiger charge is 2.18. The van der Waals surface area contributed by atoms with Crippen LogP contribution in [0.15, 0.2) is 12.1 Å². The van der Waals surface area contributed by atoms with Gasteiger partial charge in [0.05, 0.1) is 0 Å². The zero-order chi connectivity index (χ0) is 14.0. The van der Waals surface area contributed by atoms with Crippen molar-refractivity contribution in [1.82, 2.24) is 0 Å². The Balaban J connectivity index is 3.55. The minimum Gasteiger partial charge on any atom is -0.0587 e. The second kappa shape index (κ2) is 5.91. The summed E-state index contributed by atoms with van der Waals surface area (Å²) in [5.74, 6) is 2.44. The van der Waals surface area contributed by atoms with Crippen molar-refractivity contribution >= 4 is 0 Å². The van der Waals surface area contributed by atoms with E-state index >= 15 is 0 Å². The summed E-state index contributed by atoms with van der Waals surface area (Å²) in [6.45, 7) is 18.5. The summed E-state index contributed by atoms with van der Waals surface area (Å²) in [5, 5.41) is 0. The minimum atomic E-state index is 0.610. The maximum absolute atomic E-state index is 2.44. The van der Waals surface area contributed by atoms with Gasteiger partial charge < -0.3 is 0 Å². The Morgan fingerprint density at radius 2 is 0.944 bits per heavy atom. The highest BCUT2D eigenvalue weighted by atomic mass is 14.2. The number of benzene rings is 1. The zero-order valence-corrected chi connectivity index (χ0v) is 13.5. The van der Waals surface area contributed by atoms with Gasteiger partial charge in [-0.3, -0.25) is 0 Å². The number of rotatable bonds is 4. The molecule has 18 heavy (non-hydrogen) atoms. The first-order valence-electron chi connectivity index (χ1n) is 7.43. The van der Waals surface area contributed by atoms with Gasteiger partial charge in [0.15, 0.2) is 0 Å². The standard InChI is InChI=1S/C18H30/c1-11(2)15-9-16(12(3)4)18(14(7)8)17(10-15)13(5)6/h9-14H,1-8H3. The van der Waals surface area contributed by atoms with Crippen molar-refractivity contribution in [3.63, 3.8) is 0 Å². The van der Waals surface area contributed by atoms with Crippen LogP contribution in [0.2, 0.25) is 0 Å². The third kappa shape index (κ3) is 3.16. The molecule has 0 aliphatic carbocycles. The first-order chi connectivity index (χ1) is 8.25. The molecule has 0 amide bonds. The second-order valence-corrected chi connectivity index (χ2v) is 6.73. The third-order valence-electron chi connectivity index (χ3n) is 3.75. The van der Waals surface area contributed by atoms with Gasteiger partial charge in [-0.2, -0.15) is 0 Å². The Morgan fingerprint density at radius 1 is 0.556 bits per heavy atom. The quantitative estimate of drug-likeness (QED) is 0.595. The Morgan fingerprint density at radius 3 is 1.17 bits per heavy atom. The molecule has 0 atom stereocenters. The van der Waals surface area contributed by atoms with Crippen LogP contribution in [0.5, 0.6) is 0 Å². The second-order valence-electron chi connectivity index (χ2n) is 6.73. The maximum atomic E-state index is 2.44. The molecule has 0 N–H and O–H groups in total. The van der Waals surface area contributed by atoms with Gasteiger partial charge in [0.2, 0.25) is 0 Å². The molecule has 0 spiro atoms. The van der Waals surface area contributed by atoms with Gasteiger partial charge in [0.1, 0.15) is 0 Å². The lowest BCUT2D eigenvalue weighted by atomic mass is 9.80. The van der Waals surface area contributed by atoms with Crippen molar-refractivity contribution in [2.24, 2.45) is 0 Å². The van der Waals surface area contributed by atoms with Gasteiger partial charge in [-0.15, -0.1) is 0 Å². The van der Waals surface area contributed by atoms with Crippen molar-refractivity contribution in [3.05, 3.63) is 34.4 Å². The maximum Gasteiger partial charge on any atom is -0.0213 e. The van der Waals surface area contributed by atoms with Crippen molar-refractivity contribution in [2.75, 3.05) is 0 Å². The van der Waals surface area contributed by atoms with E-state index in [1.54, 1.807) is 16.7 Å². The molecule has 0 heteroatoms. The Hall–Kier alpha value is -0.780. The Bertz CT molecular complexity index is 365. The largest absolute Gasteiger partial charge is 0.0587 e. The molecule has 0 saturated heterocycles. The lowest BCUT2D eigenvalue weighted by molar-refractivity contribution is 0.737. The molecule has 0 aliphatic rings. The molecule has 0 unspecified atom stereocenters. The molecule has 1 aromatic carbocycles. The van der Waals surface area contributed by atoms with Crippen LogP contribution in [-0.4, -0.2) is 0 Å². The van der Waals surface area contributed by atoms with E-state index in [0.29, 0.717) is 23.7 Å². The van der Waals surface area contributed by atoms with E-state index in [2.05, 4.69) is 67.5 Å². The molecule has 102 valence electrons. The monoisotopic (exact) mass is 246 g/mol. The van der Waals surface area contributed by atoms with Gasteiger partial charge in [-0.05, 0) is 45.9 Å². The van der Waals surface area contributed by atoms with Crippen LogP contribution in [0.25, 0.3) is 0 Å². The summed E-state index contributed by atoms with van der Waals surface area (Å²) < 4.78 is 0. The van der Waals surface area contributed by atoms with Crippen LogP contribution in [-0.2, 0) is 0 Å². The summed E-state index contributed by atoms with van der Waals surface area (Å²) in [6, 6.07) is 4.88. The first kappa shape index (κ1) is 15.3. The molecule has 0 nitrogen and oxygen atoms in total. The van der Waals surface area contributed by atoms with Gasteiger partial charge in [0.25, 0.3) is 0 Å². The van der Waals surface area contributed by atoms with Crippen molar-refractivity contribution in [1.29, 1.82) is 0 Å². The minimum absolute atomic E-state index is 0.610. The van der Waals surface area contributed by atoms with Gasteiger partial charge in [-0.1, -0.05) is 67.5 Å². The van der Waals surface area contributed by atoms with Crippen LogP contribution < -0.4 is 0 Å². The summed E-state index contributed by atoms with van der Waals surface area (Å²) in [7, 11) is 0. The van der Waals surface area contributed by atoms with Crippen LogP contribution in [0, 0.1) is 0 Å². The van der Waals surface area contributed by atoms with Crippen LogP contribution in [0.3, 0.4) is 0 Å². The van der Waals surface area contributed by atoms with Crippen molar-refractivity contribution in [3.8, 4) is 0 Å². The summed E-state index contributed by atoms with van der Waals surface area (Å²) >= 11 is 0. The fraction of sp³-hybridized carbons (Fsp3) is 0.667. The average Bonchev–Trinajstić information content (AvgIpc) is 2.26. The Labute approximate surface area is 114 Å². The average molecular weight is 246 g/mol. The van der Waals surface area contributed by atoms with Crippen molar-refractivity contribution < 1.29 is 0 Å². The molecule has 1 rings (SSSR count). The first-order valence-corrected chi connectivity index (χ1v) is 7.43. The van der Waals surface area contributed by atoms with Gasteiger partial charge in [0, 0.05) is 0 Å². The predicted molar refractivity (Wildman–Crippen MR) is 82.8 cm³/mol. The molecule has 1 aromatic rings. The van der Waals surface area contributed by atoms with Crippen molar-refractivity contribution in [2.45, 2.75) is 79.1 Å². The highest BCUT2D eigenvalue weighted by molar-refractivity contribution is 5.45. The summed E-state index contributed by atoms with van der Waals surface area (Å²) in [5.41, 5.74) is 6.19. The molecule has 0 aromatic heterocycles.